The first kappa shape index (κ1) is 14.4. The van der Waals surface area contributed by atoms with Gasteiger partial charge in [-0.15, -0.1) is 0 Å². The number of esters is 1. The Morgan fingerprint density at radius 3 is 2.58 bits per heavy atom. The molecule has 2 atom stereocenters. The lowest BCUT2D eigenvalue weighted by Crippen LogP contribution is -2.44. The second kappa shape index (κ2) is 6.92. The van der Waals surface area contributed by atoms with Crippen LogP contribution in [0.4, 0.5) is 0 Å². The van der Waals surface area contributed by atoms with E-state index in [0.29, 0.717) is 18.9 Å². The van der Waals surface area contributed by atoms with Crippen LogP contribution in [0.15, 0.2) is 0 Å². The zero-order chi connectivity index (χ0) is 13.7. The molecule has 0 aromatic carbocycles. The maximum atomic E-state index is 12.1. The van der Waals surface area contributed by atoms with Crippen LogP contribution in [0.2, 0.25) is 0 Å². The fourth-order valence-electron chi connectivity index (χ4n) is 3.43. The van der Waals surface area contributed by atoms with E-state index in [9.17, 15) is 9.59 Å². The number of hydrogen-bond donors (Lipinski definition) is 0. The van der Waals surface area contributed by atoms with E-state index >= 15 is 0 Å². The summed E-state index contributed by atoms with van der Waals surface area (Å²) < 4.78 is 4.86. The van der Waals surface area contributed by atoms with Gasteiger partial charge in [0, 0.05) is 19.5 Å². The van der Waals surface area contributed by atoms with Gasteiger partial charge in [-0.2, -0.15) is 0 Å². The Labute approximate surface area is 115 Å². The van der Waals surface area contributed by atoms with Crippen molar-refractivity contribution in [3.63, 3.8) is 0 Å². The number of ether oxygens (including phenoxy) is 1. The van der Waals surface area contributed by atoms with Crippen molar-refractivity contribution in [1.29, 1.82) is 0 Å². The summed E-state index contributed by atoms with van der Waals surface area (Å²) in [4.78, 5) is 25.3. The van der Waals surface area contributed by atoms with Crippen LogP contribution in [-0.2, 0) is 14.3 Å². The second-order valence-electron chi connectivity index (χ2n) is 5.74. The lowest BCUT2D eigenvalue weighted by atomic mass is 9.75. The second-order valence-corrected chi connectivity index (χ2v) is 5.74. The monoisotopic (exact) mass is 267 g/mol. The van der Waals surface area contributed by atoms with Crippen molar-refractivity contribution in [2.75, 3.05) is 19.7 Å². The number of nitrogens with zero attached hydrogens (tertiary/aromatic N) is 1. The summed E-state index contributed by atoms with van der Waals surface area (Å²) in [7, 11) is 0. The van der Waals surface area contributed by atoms with E-state index in [0.717, 1.165) is 25.4 Å². The van der Waals surface area contributed by atoms with Gasteiger partial charge < -0.3 is 9.64 Å². The van der Waals surface area contributed by atoms with Crippen LogP contribution in [0.1, 0.15) is 51.9 Å². The highest BCUT2D eigenvalue weighted by Gasteiger charge is 2.32. The molecule has 4 heteroatoms. The van der Waals surface area contributed by atoms with Gasteiger partial charge in [-0.25, -0.2) is 0 Å². The molecule has 108 valence electrons. The van der Waals surface area contributed by atoms with Gasteiger partial charge in [-0.05, 0) is 31.6 Å². The summed E-state index contributed by atoms with van der Waals surface area (Å²) in [6, 6.07) is 0. The largest absolute Gasteiger partial charge is 0.466 e. The molecule has 1 aliphatic heterocycles. The average molecular weight is 267 g/mol. The van der Waals surface area contributed by atoms with E-state index in [4.69, 9.17) is 4.74 Å². The minimum Gasteiger partial charge on any atom is -0.466 e. The Bertz CT molecular complexity index is 329. The van der Waals surface area contributed by atoms with Crippen molar-refractivity contribution in [1.82, 2.24) is 4.90 Å². The molecule has 0 aromatic rings. The number of piperidine rings is 1. The lowest BCUT2D eigenvalue weighted by Gasteiger charge is -2.41. The summed E-state index contributed by atoms with van der Waals surface area (Å²) in [5.74, 6) is 1.40. The maximum Gasteiger partial charge on any atom is 0.306 e. The Kier molecular flexibility index (Phi) is 5.23. The number of likely N-dealkylation sites (tertiary alicyclic amines) is 1. The molecule has 1 amide bonds. The van der Waals surface area contributed by atoms with Crippen molar-refractivity contribution in [3.05, 3.63) is 0 Å². The molecule has 1 saturated carbocycles. The van der Waals surface area contributed by atoms with Crippen molar-refractivity contribution in [3.8, 4) is 0 Å². The normalized spacial score (nSPS) is 26.7. The van der Waals surface area contributed by atoms with E-state index in [-0.39, 0.29) is 18.3 Å². The highest BCUT2D eigenvalue weighted by Crippen LogP contribution is 2.36. The van der Waals surface area contributed by atoms with Crippen LogP contribution >= 0.6 is 0 Å². The molecule has 1 aliphatic carbocycles. The summed E-state index contributed by atoms with van der Waals surface area (Å²) in [5, 5.41) is 0. The molecule has 2 aliphatic rings. The quantitative estimate of drug-likeness (QED) is 0.735. The molecule has 4 nitrogen and oxygen atoms in total. The van der Waals surface area contributed by atoms with E-state index in [2.05, 4.69) is 0 Å². The summed E-state index contributed by atoms with van der Waals surface area (Å²) in [6.45, 7) is 3.96. The summed E-state index contributed by atoms with van der Waals surface area (Å²) in [6.07, 6.45) is 6.95. The van der Waals surface area contributed by atoms with Crippen molar-refractivity contribution in [2.45, 2.75) is 51.9 Å². The Morgan fingerprint density at radius 2 is 1.84 bits per heavy atom. The van der Waals surface area contributed by atoms with Crippen LogP contribution in [0.3, 0.4) is 0 Å². The first-order valence-corrected chi connectivity index (χ1v) is 7.64. The zero-order valence-electron chi connectivity index (χ0n) is 11.9. The molecule has 0 N–H and O–H groups in total. The molecule has 19 heavy (non-hydrogen) atoms. The molecule has 0 spiro atoms. The molecule has 0 radical (unpaired) electrons. The van der Waals surface area contributed by atoms with Crippen LogP contribution in [0.5, 0.6) is 0 Å². The number of fused-ring (bicyclic) bond motifs is 1. The van der Waals surface area contributed by atoms with Crippen LogP contribution in [0, 0.1) is 11.8 Å². The number of carbonyl (C=O) groups excluding carboxylic acids is 2. The van der Waals surface area contributed by atoms with Gasteiger partial charge in [0.25, 0.3) is 0 Å². The van der Waals surface area contributed by atoms with Gasteiger partial charge in [-0.1, -0.05) is 19.3 Å². The Balaban J connectivity index is 1.75. The SMILES string of the molecule is CCOC(=O)CCC(=O)N1CCC2CCCCC2C1. The van der Waals surface area contributed by atoms with Gasteiger partial charge in [0.05, 0.1) is 13.0 Å². The first-order valence-electron chi connectivity index (χ1n) is 7.64. The fourth-order valence-corrected chi connectivity index (χ4v) is 3.43. The number of amides is 1. The molecule has 0 aromatic heterocycles. The summed E-state index contributed by atoms with van der Waals surface area (Å²) in [5.41, 5.74) is 0. The maximum absolute atomic E-state index is 12.1. The molecule has 1 saturated heterocycles. The molecule has 0 bridgehead atoms. The number of hydrogen-bond acceptors (Lipinski definition) is 3. The highest BCUT2D eigenvalue weighted by atomic mass is 16.5. The van der Waals surface area contributed by atoms with Crippen LogP contribution in [-0.4, -0.2) is 36.5 Å². The number of rotatable bonds is 4. The average Bonchev–Trinajstić information content (AvgIpc) is 2.44. The molecule has 2 rings (SSSR count). The highest BCUT2D eigenvalue weighted by molar-refractivity contribution is 5.81. The standard InChI is InChI=1S/C15H25NO3/c1-2-19-15(18)8-7-14(17)16-10-9-12-5-3-4-6-13(12)11-16/h12-13H,2-11H2,1H3. The van der Waals surface area contributed by atoms with Crippen LogP contribution in [0.25, 0.3) is 0 Å². The number of carbonyl (C=O) groups is 2. The molecule has 2 unspecified atom stereocenters. The van der Waals surface area contributed by atoms with Gasteiger partial charge in [0.2, 0.25) is 5.91 Å². The van der Waals surface area contributed by atoms with E-state index in [1.54, 1.807) is 6.92 Å². The fraction of sp³-hybridized carbons (Fsp3) is 0.867. The minimum absolute atomic E-state index is 0.122. The van der Waals surface area contributed by atoms with Gasteiger partial charge in [-0.3, -0.25) is 9.59 Å². The smallest absolute Gasteiger partial charge is 0.306 e. The molecular weight excluding hydrogens is 242 g/mol. The van der Waals surface area contributed by atoms with Crippen molar-refractivity contribution < 1.29 is 14.3 Å². The Hall–Kier alpha value is -1.06. The van der Waals surface area contributed by atoms with Crippen LogP contribution < -0.4 is 0 Å². The predicted octanol–water partition coefficient (Wildman–Crippen LogP) is 2.37. The first-order chi connectivity index (χ1) is 9.20. The van der Waals surface area contributed by atoms with E-state index < -0.39 is 0 Å². The third kappa shape index (κ3) is 3.95. The lowest BCUT2D eigenvalue weighted by molar-refractivity contribution is -0.146. The van der Waals surface area contributed by atoms with Crippen molar-refractivity contribution >= 4 is 11.9 Å². The van der Waals surface area contributed by atoms with Gasteiger partial charge in [0.1, 0.15) is 0 Å². The van der Waals surface area contributed by atoms with Crippen molar-refractivity contribution in [2.24, 2.45) is 11.8 Å². The topological polar surface area (TPSA) is 46.6 Å². The minimum atomic E-state index is -0.261. The Morgan fingerprint density at radius 1 is 1.11 bits per heavy atom. The third-order valence-corrected chi connectivity index (χ3v) is 4.49. The zero-order valence-corrected chi connectivity index (χ0v) is 11.9. The molecular formula is C15H25NO3. The molecule has 1 heterocycles. The van der Waals surface area contributed by atoms with Gasteiger partial charge in [0.15, 0.2) is 0 Å². The molecule has 2 fully saturated rings. The third-order valence-electron chi connectivity index (χ3n) is 4.49. The van der Waals surface area contributed by atoms with E-state index in [1.807, 2.05) is 4.90 Å². The predicted molar refractivity (Wildman–Crippen MR) is 72.5 cm³/mol. The van der Waals surface area contributed by atoms with Gasteiger partial charge >= 0.3 is 5.97 Å². The summed E-state index contributed by atoms with van der Waals surface area (Å²) >= 11 is 0. The van der Waals surface area contributed by atoms with E-state index in [1.165, 1.54) is 25.7 Å².